The van der Waals surface area contributed by atoms with Gasteiger partial charge in [0.05, 0.1) is 16.7 Å². The molecule has 0 fully saturated rings. The van der Waals surface area contributed by atoms with Gasteiger partial charge in [-0.1, -0.05) is 27.7 Å². The van der Waals surface area contributed by atoms with Crippen molar-refractivity contribution in [1.82, 2.24) is 4.98 Å². The highest BCUT2D eigenvalue weighted by Crippen LogP contribution is 2.43. The maximum Gasteiger partial charge on any atom is 0.103 e. The molecule has 102 valence electrons. The lowest BCUT2D eigenvalue weighted by molar-refractivity contribution is 0.102. The molecule has 0 radical (unpaired) electrons. The molecule has 0 aliphatic heterocycles. The molecule has 4 heteroatoms. The van der Waals surface area contributed by atoms with E-state index in [0.29, 0.717) is 5.25 Å². The van der Waals surface area contributed by atoms with Crippen LogP contribution in [0.1, 0.15) is 62.2 Å². The first-order chi connectivity index (χ1) is 8.41. The van der Waals surface area contributed by atoms with Crippen LogP contribution in [0, 0.1) is 5.41 Å². The van der Waals surface area contributed by atoms with Crippen molar-refractivity contribution in [2.45, 2.75) is 64.1 Å². The monoisotopic (exact) mass is 285 g/mol. The fourth-order valence-corrected chi connectivity index (χ4v) is 4.37. The van der Waals surface area contributed by atoms with Gasteiger partial charge in [0.1, 0.15) is 5.01 Å². The summed E-state index contributed by atoms with van der Waals surface area (Å²) in [5.74, 6) is 0.986. The van der Waals surface area contributed by atoms with E-state index in [1.165, 1.54) is 11.4 Å². The number of rotatable bonds is 4. The zero-order chi connectivity index (χ0) is 13.3. The lowest BCUT2D eigenvalue weighted by atomic mass is 9.77. The molecule has 1 aromatic heterocycles. The van der Waals surface area contributed by atoms with Gasteiger partial charge in [-0.25, -0.2) is 4.98 Å². The van der Waals surface area contributed by atoms with Crippen molar-refractivity contribution in [1.29, 1.82) is 0 Å². The molecule has 1 N–H and O–H groups in total. The molecule has 1 aromatic rings. The van der Waals surface area contributed by atoms with E-state index in [1.54, 1.807) is 11.3 Å². The summed E-state index contributed by atoms with van der Waals surface area (Å²) in [5, 5.41) is 12.1. The standard InChI is InChI=1S/C14H23NOS2/c1-5-9(2)17-8-12-15-10-6-14(3,4)7-11(16)13(10)18-12/h9,11,16H,5-8H2,1-4H3. The molecule has 0 aromatic carbocycles. The maximum atomic E-state index is 10.2. The highest BCUT2D eigenvalue weighted by atomic mass is 32.2. The summed E-state index contributed by atoms with van der Waals surface area (Å²) >= 11 is 3.68. The third-order valence-corrected chi connectivity index (χ3v) is 6.26. The fourth-order valence-electron chi connectivity index (χ4n) is 2.34. The van der Waals surface area contributed by atoms with E-state index < -0.39 is 0 Å². The lowest BCUT2D eigenvalue weighted by Gasteiger charge is -2.31. The molecule has 2 atom stereocenters. The SMILES string of the molecule is CCC(C)SCc1nc2c(s1)C(O)CC(C)(C)C2. The second-order valence-electron chi connectivity index (χ2n) is 6.01. The van der Waals surface area contributed by atoms with E-state index in [-0.39, 0.29) is 11.5 Å². The van der Waals surface area contributed by atoms with Crippen LogP contribution in [0.5, 0.6) is 0 Å². The van der Waals surface area contributed by atoms with Gasteiger partial charge in [0, 0.05) is 11.0 Å². The summed E-state index contributed by atoms with van der Waals surface area (Å²) in [6, 6.07) is 0. The topological polar surface area (TPSA) is 33.1 Å². The smallest absolute Gasteiger partial charge is 0.103 e. The van der Waals surface area contributed by atoms with Crippen LogP contribution in [0.3, 0.4) is 0 Å². The van der Waals surface area contributed by atoms with Crippen molar-refractivity contribution in [3.8, 4) is 0 Å². The molecule has 0 amide bonds. The van der Waals surface area contributed by atoms with Gasteiger partial charge in [0.25, 0.3) is 0 Å². The van der Waals surface area contributed by atoms with Gasteiger partial charge < -0.3 is 5.11 Å². The van der Waals surface area contributed by atoms with Crippen molar-refractivity contribution in [3.63, 3.8) is 0 Å². The minimum absolute atomic E-state index is 0.182. The van der Waals surface area contributed by atoms with E-state index in [0.717, 1.165) is 29.2 Å². The molecule has 0 saturated carbocycles. The third-order valence-electron chi connectivity index (χ3n) is 3.53. The zero-order valence-corrected chi connectivity index (χ0v) is 13.3. The summed E-state index contributed by atoms with van der Waals surface area (Å²) in [7, 11) is 0. The number of thiazole rings is 1. The number of thioether (sulfide) groups is 1. The number of aromatic nitrogens is 1. The Balaban J connectivity index is 2.09. The Morgan fingerprint density at radius 3 is 2.94 bits per heavy atom. The van der Waals surface area contributed by atoms with Gasteiger partial charge in [-0.2, -0.15) is 11.8 Å². The lowest BCUT2D eigenvalue weighted by Crippen LogP contribution is -2.24. The molecular formula is C14H23NOS2. The molecule has 2 unspecified atom stereocenters. The summed E-state index contributed by atoms with van der Waals surface area (Å²) < 4.78 is 0. The number of fused-ring (bicyclic) bond motifs is 1. The first-order valence-electron chi connectivity index (χ1n) is 6.69. The van der Waals surface area contributed by atoms with E-state index >= 15 is 0 Å². The molecule has 0 spiro atoms. The average Bonchev–Trinajstić information content (AvgIpc) is 2.67. The van der Waals surface area contributed by atoms with Crippen molar-refractivity contribution in [2.24, 2.45) is 5.41 Å². The van der Waals surface area contributed by atoms with E-state index in [2.05, 4.69) is 27.7 Å². The molecule has 2 rings (SSSR count). The summed E-state index contributed by atoms with van der Waals surface area (Å²) in [6.07, 6.45) is 2.76. The van der Waals surface area contributed by atoms with E-state index in [9.17, 15) is 5.11 Å². The van der Waals surface area contributed by atoms with E-state index in [1.807, 2.05) is 11.8 Å². The highest BCUT2D eigenvalue weighted by Gasteiger charge is 2.33. The van der Waals surface area contributed by atoms with Gasteiger partial charge in [-0.15, -0.1) is 11.3 Å². The highest BCUT2D eigenvalue weighted by molar-refractivity contribution is 7.99. The van der Waals surface area contributed by atoms with Gasteiger partial charge in [0.2, 0.25) is 0 Å². The Morgan fingerprint density at radius 1 is 1.56 bits per heavy atom. The summed E-state index contributed by atoms with van der Waals surface area (Å²) in [6.45, 7) is 8.91. The van der Waals surface area contributed by atoms with Crippen LogP contribution >= 0.6 is 23.1 Å². The Bertz CT molecular complexity index is 414. The van der Waals surface area contributed by atoms with Crippen LogP contribution in [-0.4, -0.2) is 15.3 Å². The molecule has 1 heterocycles. The second kappa shape index (κ2) is 5.51. The normalized spacial score (nSPS) is 23.7. The van der Waals surface area contributed by atoms with Gasteiger partial charge >= 0.3 is 0 Å². The van der Waals surface area contributed by atoms with Gasteiger partial charge in [0.15, 0.2) is 0 Å². The number of nitrogens with zero attached hydrogens (tertiary/aromatic N) is 1. The second-order valence-corrected chi connectivity index (χ2v) is 8.55. The Morgan fingerprint density at radius 2 is 2.28 bits per heavy atom. The minimum Gasteiger partial charge on any atom is -0.387 e. The van der Waals surface area contributed by atoms with Crippen molar-refractivity contribution in [3.05, 3.63) is 15.6 Å². The van der Waals surface area contributed by atoms with Crippen LogP contribution in [0.4, 0.5) is 0 Å². The Hall–Kier alpha value is -0.0600. The van der Waals surface area contributed by atoms with Crippen LogP contribution in [0.15, 0.2) is 0 Å². The Labute approximate surface area is 118 Å². The van der Waals surface area contributed by atoms with Crippen LogP contribution in [0.2, 0.25) is 0 Å². The summed E-state index contributed by atoms with van der Waals surface area (Å²) in [4.78, 5) is 5.86. The minimum atomic E-state index is -0.302. The molecule has 18 heavy (non-hydrogen) atoms. The quantitative estimate of drug-likeness (QED) is 0.901. The molecule has 0 saturated heterocycles. The number of hydrogen-bond acceptors (Lipinski definition) is 4. The van der Waals surface area contributed by atoms with Gasteiger partial charge in [-0.3, -0.25) is 0 Å². The molecule has 1 aliphatic carbocycles. The average molecular weight is 285 g/mol. The molecular weight excluding hydrogens is 262 g/mol. The first-order valence-corrected chi connectivity index (χ1v) is 8.56. The van der Waals surface area contributed by atoms with Crippen molar-refractivity contribution in [2.75, 3.05) is 0 Å². The zero-order valence-electron chi connectivity index (χ0n) is 11.7. The summed E-state index contributed by atoms with van der Waals surface area (Å²) in [5.41, 5.74) is 1.32. The molecule has 2 nitrogen and oxygen atoms in total. The third kappa shape index (κ3) is 3.28. The largest absolute Gasteiger partial charge is 0.387 e. The number of aliphatic hydroxyl groups excluding tert-OH is 1. The molecule has 1 aliphatic rings. The predicted molar refractivity (Wildman–Crippen MR) is 80.2 cm³/mol. The fraction of sp³-hybridized carbons (Fsp3) is 0.786. The number of aliphatic hydroxyl groups is 1. The Kier molecular flexibility index (Phi) is 4.40. The van der Waals surface area contributed by atoms with Crippen LogP contribution in [0.25, 0.3) is 0 Å². The van der Waals surface area contributed by atoms with Crippen molar-refractivity contribution >= 4 is 23.1 Å². The van der Waals surface area contributed by atoms with Gasteiger partial charge in [-0.05, 0) is 24.7 Å². The van der Waals surface area contributed by atoms with Crippen LogP contribution < -0.4 is 0 Å². The molecule has 0 bridgehead atoms. The number of hydrogen-bond donors (Lipinski definition) is 1. The van der Waals surface area contributed by atoms with Crippen molar-refractivity contribution < 1.29 is 5.11 Å². The first kappa shape index (κ1) is 14.4. The maximum absolute atomic E-state index is 10.2. The van der Waals surface area contributed by atoms with E-state index in [4.69, 9.17) is 4.98 Å². The van der Waals surface area contributed by atoms with Crippen LogP contribution in [-0.2, 0) is 12.2 Å². The predicted octanol–water partition coefficient (Wildman–Crippen LogP) is 4.18.